The van der Waals surface area contributed by atoms with E-state index in [1.807, 2.05) is 0 Å². The number of rotatable bonds is 6. The van der Waals surface area contributed by atoms with Crippen LogP contribution in [0.4, 0.5) is 30.4 Å². The number of halogens is 4. The minimum atomic E-state index is -4.69. The number of amides is 1. The van der Waals surface area contributed by atoms with Gasteiger partial charge in [-0.25, -0.2) is 4.79 Å². The molecule has 0 bridgehead atoms. The molecule has 3 rings (SSSR count). The monoisotopic (exact) mass is 481 g/mol. The number of aromatic amines is 1. The van der Waals surface area contributed by atoms with Crippen molar-refractivity contribution in [1.82, 2.24) is 9.55 Å². The van der Waals surface area contributed by atoms with Crippen LogP contribution in [-0.4, -0.2) is 29.1 Å². The number of nitrogens with one attached hydrogen (secondary N) is 2. The summed E-state index contributed by atoms with van der Waals surface area (Å²) in [5.74, 6) is -0.874. The zero-order chi connectivity index (χ0) is 24.3. The third-order valence-corrected chi connectivity index (χ3v) is 5.05. The highest BCUT2D eigenvalue weighted by atomic mass is 35.5. The number of H-pyrrole nitrogens is 1. The van der Waals surface area contributed by atoms with E-state index in [1.54, 1.807) is 30.3 Å². The molecule has 1 aromatic heterocycles. The van der Waals surface area contributed by atoms with Gasteiger partial charge in [0, 0.05) is 12.7 Å². The normalized spacial score (nSPS) is 11.3. The Balaban J connectivity index is 1.82. The van der Waals surface area contributed by atoms with E-state index in [0.29, 0.717) is 6.07 Å². The van der Waals surface area contributed by atoms with E-state index >= 15 is 0 Å². The van der Waals surface area contributed by atoms with Crippen molar-refractivity contribution in [3.63, 3.8) is 0 Å². The number of benzene rings is 2. The minimum Gasteiger partial charge on any atom is -0.383 e. The van der Waals surface area contributed by atoms with Crippen molar-refractivity contribution >= 4 is 34.7 Å². The second-order valence-electron chi connectivity index (χ2n) is 7.16. The van der Waals surface area contributed by atoms with Gasteiger partial charge in [0.2, 0.25) is 5.91 Å². The van der Waals surface area contributed by atoms with Crippen molar-refractivity contribution in [3.8, 4) is 0 Å². The van der Waals surface area contributed by atoms with Crippen LogP contribution in [0, 0.1) is 0 Å². The fourth-order valence-electron chi connectivity index (χ4n) is 3.18. The van der Waals surface area contributed by atoms with Crippen LogP contribution in [0.15, 0.2) is 58.1 Å². The summed E-state index contributed by atoms with van der Waals surface area (Å²) >= 11 is 5.58. The molecule has 0 radical (unpaired) electrons. The highest BCUT2D eigenvalue weighted by molar-refractivity contribution is 6.31. The van der Waals surface area contributed by atoms with Crippen LogP contribution in [0.1, 0.15) is 11.1 Å². The number of nitrogens with zero attached hydrogens (tertiary/aromatic N) is 2. The average molecular weight is 482 g/mol. The number of anilines is 3. The van der Waals surface area contributed by atoms with Gasteiger partial charge >= 0.3 is 11.9 Å². The first-order chi connectivity index (χ1) is 15.5. The average Bonchev–Trinajstić information content (AvgIpc) is 2.72. The molecular formula is C21H19ClF3N5O3. The molecule has 0 aliphatic heterocycles. The van der Waals surface area contributed by atoms with Crippen LogP contribution in [0.25, 0.3) is 0 Å². The summed E-state index contributed by atoms with van der Waals surface area (Å²) in [4.78, 5) is 40.4. The minimum absolute atomic E-state index is 0.0836. The summed E-state index contributed by atoms with van der Waals surface area (Å²) < 4.78 is 40.2. The maximum absolute atomic E-state index is 13.0. The van der Waals surface area contributed by atoms with Gasteiger partial charge in [-0.2, -0.15) is 13.2 Å². The molecule has 1 amide bonds. The Hall–Kier alpha value is -3.73. The third kappa shape index (κ3) is 5.55. The number of carbonyl (C=O) groups excluding carboxylic acids is 1. The second-order valence-corrected chi connectivity index (χ2v) is 7.57. The van der Waals surface area contributed by atoms with Crippen molar-refractivity contribution in [2.24, 2.45) is 0 Å². The lowest BCUT2D eigenvalue weighted by Crippen LogP contribution is -2.39. The molecule has 174 valence electrons. The molecular weight excluding hydrogens is 463 g/mol. The highest BCUT2D eigenvalue weighted by Crippen LogP contribution is 2.36. The summed E-state index contributed by atoms with van der Waals surface area (Å²) in [5, 5.41) is 1.82. The molecule has 0 spiro atoms. The van der Waals surface area contributed by atoms with Gasteiger partial charge < -0.3 is 16.0 Å². The smallest absolute Gasteiger partial charge is 0.383 e. The zero-order valence-corrected chi connectivity index (χ0v) is 18.0. The van der Waals surface area contributed by atoms with Gasteiger partial charge in [-0.15, -0.1) is 0 Å². The zero-order valence-electron chi connectivity index (χ0n) is 17.2. The Morgan fingerprint density at radius 2 is 1.85 bits per heavy atom. The van der Waals surface area contributed by atoms with E-state index in [-0.39, 0.29) is 23.7 Å². The van der Waals surface area contributed by atoms with E-state index in [9.17, 15) is 27.6 Å². The summed E-state index contributed by atoms with van der Waals surface area (Å²) in [6.07, 6.45) is -4.69. The molecule has 8 nitrogen and oxygen atoms in total. The molecule has 2 aromatic carbocycles. The Labute approximate surface area is 190 Å². The van der Waals surface area contributed by atoms with Gasteiger partial charge in [-0.1, -0.05) is 41.9 Å². The molecule has 4 N–H and O–H groups in total. The predicted octanol–water partition coefficient (Wildman–Crippen LogP) is 2.91. The van der Waals surface area contributed by atoms with Crippen LogP contribution < -0.4 is 27.2 Å². The maximum atomic E-state index is 13.0. The lowest BCUT2D eigenvalue weighted by atomic mass is 10.2. The van der Waals surface area contributed by atoms with Crippen LogP contribution in [0.5, 0.6) is 0 Å². The van der Waals surface area contributed by atoms with Gasteiger partial charge in [0.15, 0.2) is 0 Å². The third-order valence-electron chi connectivity index (χ3n) is 4.72. The van der Waals surface area contributed by atoms with Crippen molar-refractivity contribution in [3.05, 3.63) is 85.5 Å². The van der Waals surface area contributed by atoms with Gasteiger partial charge in [0.1, 0.15) is 11.5 Å². The van der Waals surface area contributed by atoms with Gasteiger partial charge in [-0.05, 0) is 23.8 Å². The van der Waals surface area contributed by atoms with E-state index in [4.69, 9.17) is 17.3 Å². The Morgan fingerprint density at radius 1 is 1.18 bits per heavy atom. The molecule has 0 unspecified atom stereocenters. The topological polar surface area (TPSA) is 113 Å². The molecule has 0 atom stereocenters. The number of hydrogen-bond acceptors (Lipinski definition) is 5. The first-order valence-corrected chi connectivity index (χ1v) is 9.89. The first kappa shape index (κ1) is 23.9. The van der Waals surface area contributed by atoms with Crippen molar-refractivity contribution in [1.29, 1.82) is 0 Å². The molecule has 12 heteroatoms. The quantitative estimate of drug-likeness (QED) is 0.501. The fraction of sp³-hybridized carbons (Fsp3) is 0.190. The van der Waals surface area contributed by atoms with Gasteiger partial charge in [0.25, 0.3) is 5.56 Å². The number of aromatic nitrogens is 2. The van der Waals surface area contributed by atoms with E-state index in [1.165, 1.54) is 18.0 Å². The first-order valence-electron chi connectivity index (χ1n) is 9.51. The summed E-state index contributed by atoms with van der Waals surface area (Å²) in [6.45, 7) is -0.346. The maximum Gasteiger partial charge on any atom is 0.417 e. The van der Waals surface area contributed by atoms with Crippen LogP contribution >= 0.6 is 11.6 Å². The van der Waals surface area contributed by atoms with E-state index < -0.39 is 40.5 Å². The highest BCUT2D eigenvalue weighted by Gasteiger charge is 2.33. The summed E-state index contributed by atoms with van der Waals surface area (Å²) in [7, 11) is 1.39. The molecule has 0 saturated heterocycles. The number of carbonyl (C=O) groups is 1. The van der Waals surface area contributed by atoms with E-state index in [0.717, 1.165) is 16.2 Å². The number of hydrogen-bond donors (Lipinski definition) is 3. The molecule has 33 heavy (non-hydrogen) atoms. The number of nitrogen functional groups attached to an aromatic ring is 1. The largest absolute Gasteiger partial charge is 0.417 e. The second kappa shape index (κ2) is 9.41. The molecule has 0 aliphatic carbocycles. The SMILES string of the molecule is CN(CC(=O)Nc1ccc(Cl)c(C(F)(F)F)c1)c1c(N)n(Cc2ccccc2)c(=O)[nH]c1=O. The molecule has 3 aromatic rings. The summed E-state index contributed by atoms with van der Waals surface area (Å²) in [5.41, 5.74) is 3.96. The molecule has 0 fully saturated rings. The molecule has 0 aliphatic rings. The lowest BCUT2D eigenvalue weighted by molar-refractivity contribution is -0.137. The number of nitrogens with two attached hydrogens (primary N) is 1. The predicted molar refractivity (Wildman–Crippen MR) is 120 cm³/mol. The van der Waals surface area contributed by atoms with E-state index in [2.05, 4.69) is 10.3 Å². The lowest BCUT2D eigenvalue weighted by Gasteiger charge is -2.21. The Bertz CT molecular complexity index is 1290. The number of alkyl halides is 3. The van der Waals surface area contributed by atoms with Crippen LogP contribution in [-0.2, 0) is 17.5 Å². The number of likely N-dealkylation sites (N-methyl/N-ethyl adjacent to an activating group) is 1. The van der Waals surface area contributed by atoms with Crippen molar-refractivity contribution < 1.29 is 18.0 Å². The standard InChI is InChI=1S/C21H19ClF3N5O3/c1-29(11-16(31)27-13-7-8-15(22)14(9-13)21(23,24)25)17-18(26)30(20(33)28-19(17)32)10-12-5-3-2-4-6-12/h2-9H,10-11,26H2,1H3,(H,27,31)(H,28,32,33). The van der Waals surface area contributed by atoms with Crippen molar-refractivity contribution in [2.75, 3.05) is 29.5 Å². The molecule has 1 heterocycles. The van der Waals surface area contributed by atoms with Crippen molar-refractivity contribution in [2.45, 2.75) is 12.7 Å². The Morgan fingerprint density at radius 3 is 2.48 bits per heavy atom. The molecule has 0 saturated carbocycles. The van der Waals surface area contributed by atoms with Gasteiger partial charge in [-0.3, -0.25) is 19.1 Å². The fourth-order valence-corrected chi connectivity index (χ4v) is 3.41. The van der Waals surface area contributed by atoms with Crippen LogP contribution in [0.3, 0.4) is 0 Å². The van der Waals surface area contributed by atoms with Crippen LogP contribution in [0.2, 0.25) is 5.02 Å². The Kier molecular flexibility index (Phi) is 6.82. The van der Waals surface area contributed by atoms with Gasteiger partial charge in [0.05, 0.1) is 23.7 Å². The summed E-state index contributed by atoms with van der Waals surface area (Å²) in [6, 6.07) is 11.9.